The highest BCUT2D eigenvalue weighted by Crippen LogP contribution is 2.81. The number of aromatic amines is 2. The Morgan fingerprint density at radius 1 is 1.00 bits per heavy atom. The van der Waals surface area contributed by atoms with E-state index in [4.69, 9.17) is 9.97 Å². The van der Waals surface area contributed by atoms with Crippen LogP contribution in [0.5, 0.6) is 0 Å². The van der Waals surface area contributed by atoms with E-state index in [1.54, 1.807) is 0 Å². The Kier molecular flexibility index (Phi) is 5.74. The number of piperidine rings is 1. The van der Waals surface area contributed by atoms with Crippen molar-refractivity contribution in [1.29, 1.82) is 0 Å². The molecule has 1 saturated heterocycles. The van der Waals surface area contributed by atoms with E-state index in [1.165, 1.54) is 24.8 Å². The van der Waals surface area contributed by atoms with E-state index in [-0.39, 0.29) is 17.9 Å². The van der Waals surface area contributed by atoms with Gasteiger partial charge in [0.25, 0.3) is 0 Å². The average Bonchev–Trinajstić information content (AvgIpc) is 3.85. The molecule has 7 heteroatoms. The van der Waals surface area contributed by atoms with Crippen molar-refractivity contribution in [1.82, 2.24) is 30.6 Å². The molecule has 3 aromatic carbocycles. The van der Waals surface area contributed by atoms with Gasteiger partial charge in [0.1, 0.15) is 11.6 Å². The number of H-pyrrole nitrogens is 2. The normalized spacial score (nSPS) is 29.1. The minimum Gasteiger partial charge on any atom is -0.346 e. The third-order valence-electron chi connectivity index (χ3n) is 11.2. The minimum atomic E-state index is -0.220. The number of carbonyl (C=O) groups is 1. The summed E-state index contributed by atoms with van der Waals surface area (Å²) in [7, 11) is 0. The molecule has 5 aromatic rings. The van der Waals surface area contributed by atoms with Gasteiger partial charge in [0.05, 0.1) is 40.9 Å². The summed E-state index contributed by atoms with van der Waals surface area (Å²) in [6.07, 6.45) is 6.66. The lowest BCUT2D eigenvalue weighted by atomic mass is 9.96. The van der Waals surface area contributed by atoms with Crippen LogP contribution in [0, 0.1) is 23.2 Å². The molecule has 3 aliphatic carbocycles. The Morgan fingerprint density at radius 2 is 1.77 bits per heavy atom. The molecule has 2 aromatic heterocycles. The van der Waals surface area contributed by atoms with E-state index in [0.29, 0.717) is 23.4 Å². The average molecular weight is 583 g/mol. The molecule has 8 atom stereocenters. The molecule has 9 rings (SSSR count). The largest absolute Gasteiger partial charge is 0.346 e. The molecule has 1 amide bonds. The van der Waals surface area contributed by atoms with Crippen molar-refractivity contribution >= 4 is 16.9 Å². The molecular weight excluding hydrogens is 544 g/mol. The molecule has 4 N–H and O–H groups in total. The Balaban J connectivity index is 0.925. The van der Waals surface area contributed by atoms with E-state index >= 15 is 0 Å². The first-order valence-corrected chi connectivity index (χ1v) is 16.2. The highest BCUT2D eigenvalue weighted by atomic mass is 16.1. The van der Waals surface area contributed by atoms with Crippen molar-refractivity contribution in [2.24, 2.45) is 23.2 Å². The number of hydrogen-bond donors (Lipinski definition) is 4. The number of carbonyl (C=O) groups excluding carboxylic acids is 1. The predicted octanol–water partition coefficient (Wildman–Crippen LogP) is 7.05. The minimum absolute atomic E-state index is 0.0421. The number of aromatic nitrogens is 4. The lowest BCUT2D eigenvalue weighted by molar-refractivity contribution is -0.123. The van der Waals surface area contributed by atoms with Gasteiger partial charge in [0, 0.05) is 6.04 Å². The standard InChI is InChI=1S/C37H38N6O/c1-20(21-6-4-3-5-7-21)36(44)43-32(17-26-27-18-37(26,27)2)34-38-19-33(42-34)23-10-8-22(9-11-23)24-12-13-28-30(14-24)41-35(40-28)31-16-25-15-29(25)39-31/h3-14,19-20,25-27,29,31-32,39H,15-18H2,1-2H3,(H,38,42)(H,40,41)(H,43,44)/t20-,25?,26+,27-,29+,31+,32+,37+/m1/s1. The second-order valence-corrected chi connectivity index (χ2v) is 14.0. The van der Waals surface area contributed by atoms with Crippen LogP contribution in [-0.4, -0.2) is 31.9 Å². The molecule has 0 radical (unpaired) electrons. The maximum Gasteiger partial charge on any atom is 0.227 e. The second-order valence-electron chi connectivity index (χ2n) is 14.0. The Hall–Kier alpha value is -4.23. The summed E-state index contributed by atoms with van der Waals surface area (Å²) in [5, 5.41) is 7.05. The molecule has 44 heavy (non-hydrogen) atoms. The van der Waals surface area contributed by atoms with E-state index in [9.17, 15) is 4.79 Å². The summed E-state index contributed by atoms with van der Waals surface area (Å²) < 4.78 is 0. The highest BCUT2D eigenvalue weighted by molar-refractivity contribution is 5.84. The zero-order valence-corrected chi connectivity index (χ0v) is 25.2. The Morgan fingerprint density at radius 3 is 2.50 bits per heavy atom. The fraction of sp³-hybridized carbons (Fsp3) is 0.378. The number of hydrogen-bond acceptors (Lipinski definition) is 4. The SMILES string of the molecule is C[C@@H](C(=O)N[C@@H](C[C@H]1[C@H]2C[C@]21C)c1ncc(-c2ccc(-c3ccc4nc([C@@H]5CC6C[C@@H]6N5)[nH]c4c3)cc2)[nH]1)c1ccccc1. The van der Waals surface area contributed by atoms with Crippen molar-refractivity contribution in [2.75, 3.05) is 0 Å². The van der Waals surface area contributed by atoms with E-state index < -0.39 is 0 Å². The fourth-order valence-corrected chi connectivity index (χ4v) is 7.84. The molecule has 1 aliphatic heterocycles. The summed E-state index contributed by atoms with van der Waals surface area (Å²) in [4.78, 5) is 30.2. The first kappa shape index (κ1) is 26.2. The second kappa shape index (κ2) is 9.63. The van der Waals surface area contributed by atoms with E-state index in [0.717, 1.165) is 63.3 Å². The van der Waals surface area contributed by atoms with Crippen LogP contribution in [0.15, 0.2) is 79.0 Å². The number of imidazole rings is 2. The first-order valence-electron chi connectivity index (χ1n) is 16.2. The van der Waals surface area contributed by atoms with Gasteiger partial charge in [0.2, 0.25) is 5.91 Å². The van der Waals surface area contributed by atoms with Crippen LogP contribution in [0.2, 0.25) is 0 Å². The third-order valence-corrected chi connectivity index (χ3v) is 11.2. The van der Waals surface area contributed by atoms with Gasteiger partial charge in [-0.05, 0) is 90.2 Å². The van der Waals surface area contributed by atoms with E-state index in [1.807, 2.05) is 43.5 Å². The van der Waals surface area contributed by atoms with Crippen molar-refractivity contribution in [3.63, 3.8) is 0 Å². The van der Waals surface area contributed by atoms with Crippen LogP contribution < -0.4 is 10.6 Å². The van der Waals surface area contributed by atoms with Crippen LogP contribution in [0.4, 0.5) is 0 Å². The summed E-state index contributed by atoms with van der Waals surface area (Å²) in [6, 6.07) is 26.0. The molecule has 0 spiro atoms. The number of rotatable bonds is 9. The zero-order chi connectivity index (χ0) is 29.6. The van der Waals surface area contributed by atoms with Crippen LogP contribution in [0.3, 0.4) is 0 Å². The van der Waals surface area contributed by atoms with Crippen LogP contribution in [0.25, 0.3) is 33.4 Å². The number of fused-ring (bicyclic) bond motifs is 3. The highest BCUT2D eigenvalue weighted by Gasteiger charge is 2.74. The summed E-state index contributed by atoms with van der Waals surface area (Å²) in [6.45, 7) is 4.35. The van der Waals surface area contributed by atoms with Crippen LogP contribution >= 0.6 is 0 Å². The quantitative estimate of drug-likeness (QED) is 0.150. The Bertz CT molecular complexity index is 1870. The van der Waals surface area contributed by atoms with Crippen molar-refractivity contribution in [2.45, 2.75) is 63.6 Å². The maximum atomic E-state index is 13.4. The fourth-order valence-electron chi connectivity index (χ4n) is 7.84. The first-order chi connectivity index (χ1) is 21.4. The molecule has 3 saturated carbocycles. The number of benzene rings is 3. The summed E-state index contributed by atoms with van der Waals surface area (Å²) in [5.41, 5.74) is 7.97. The molecule has 1 unspecified atom stereocenters. The predicted molar refractivity (Wildman–Crippen MR) is 172 cm³/mol. The van der Waals surface area contributed by atoms with Gasteiger partial charge in [-0.2, -0.15) is 0 Å². The molecule has 7 nitrogen and oxygen atoms in total. The van der Waals surface area contributed by atoms with Crippen molar-refractivity contribution in [3.8, 4) is 22.4 Å². The molecule has 222 valence electrons. The smallest absolute Gasteiger partial charge is 0.227 e. The van der Waals surface area contributed by atoms with Crippen molar-refractivity contribution < 1.29 is 4.79 Å². The topological polar surface area (TPSA) is 98.5 Å². The van der Waals surface area contributed by atoms with Gasteiger partial charge in [-0.3, -0.25) is 4.79 Å². The van der Waals surface area contributed by atoms with Gasteiger partial charge in [0.15, 0.2) is 0 Å². The number of nitrogens with one attached hydrogen (secondary N) is 4. The van der Waals surface area contributed by atoms with E-state index in [2.05, 4.69) is 70.0 Å². The van der Waals surface area contributed by atoms with Gasteiger partial charge < -0.3 is 20.6 Å². The molecule has 4 fully saturated rings. The van der Waals surface area contributed by atoms with Crippen LogP contribution in [-0.2, 0) is 4.79 Å². The molecule has 3 heterocycles. The zero-order valence-electron chi connectivity index (χ0n) is 25.2. The molecule has 4 aliphatic rings. The monoisotopic (exact) mass is 582 g/mol. The molecule has 0 bridgehead atoms. The third kappa shape index (κ3) is 4.48. The van der Waals surface area contributed by atoms with Gasteiger partial charge in [-0.1, -0.05) is 67.6 Å². The number of amides is 1. The lowest BCUT2D eigenvalue weighted by Gasteiger charge is -2.22. The van der Waals surface area contributed by atoms with Crippen molar-refractivity contribution in [3.05, 3.63) is 96.2 Å². The summed E-state index contributed by atoms with van der Waals surface area (Å²) in [5.74, 6) is 4.04. The maximum absolute atomic E-state index is 13.4. The lowest BCUT2D eigenvalue weighted by Crippen LogP contribution is -2.33. The Labute approximate surface area is 257 Å². The van der Waals surface area contributed by atoms with Gasteiger partial charge in [-0.15, -0.1) is 0 Å². The van der Waals surface area contributed by atoms with Gasteiger partial charge in [-0.25, -0.2) is 9.97 Å². The summed E-state index contributed by atoms with van der Waals surface area (Å²) >= 11 is 0. The number of nitrogens with zero attached hydrogens (tertiary/aromatic N) is 2. The van der Waals surface area contributed by atoms with Gasteiger partial charge >= 0.3 is 0 Å². The molecular formula is C37H38N6O. The van der Waals surface area contributed by atoms with Crippen LogP contribution in [0.1, 0.15) is 74.7 Å².